The summed E-state index contributed by atoms with van der Waals surface area (Å²) in [6.07, 6.45) is 0. The van der Waals surface area contributed by atoms with Gasteiger partial charge in [0.15, 0.2) is 0 Å². The summed E-state index contributed by atoms with van der Waals surface area (Å²) in [5, 5.41) is 2.99. The lowest BCUT2D eigenvalue weighted by Crippen LogP contribution is -2.10. The van der Waals surface area contributed by atoms with Crippen molar-refractivity contribution in [2.75, 3.05) is 24.3 Å². The van der Waals surface area contributed by atoms with Crippen molar-refractivity contribution in [3.05, 3.63) is 59.7 Å². The lowest BCUT2D eigenvalue weighted by molar-refractivity contribution is 0.600. The van der Waals surface area contributed by atoms with E-state index >= 15 is 0 Å². The summed E-state index contributed by atoms with van der Waals surface area (Å²) in [7, 11) is 3.94. The van der Waals surface area contributed by atoms with E-state index in [9.17, 15) is 8.78 Å². The molecule has 2 aromatic rings. The number of hydrogen-bond donors (Lipinski definition) is 1. The molecule has 0 aromatic heterocycles. The molecule has 0 radical (unpaired) electrons. The van der Waals surface area contributed by atoms with Crippen molar-refractivity contribution in [3.63, 3.8) is 0 Å². The average Bonchev–Trinajstić information content (AvgIpc) is 2.43. The molecule has 0 saturated carbocycles. The highest BCUT2D eigenvalue weighted by Gasteiger charge is 2.09. The molecule has 1 unspecified atom stereocenters. The van der Waals surface area contributed by atoms with E-state index in [1.807, 2.05) is 50.2 Å². The summed E-state index contributed by atoms with van der Waals surface area (Å²) in [5.41, 5.74) is 2.28. The van der Waals surface area contributed by atoms with Crippen LogP contribution in [0.3, 0.4) is 0 Å². The van der Waals surface area contributed by atoms with Gasteiger partial charge in [-0.3, -0.25) is 0 Å². The van der Waals surface area contributed by atoms with E-state index in [2.05, 4.69) is 5.32 Å². The van der Waals surface area contributed by atoms with E-state index in [1.165, 1.54) is 6.07 Å². The Morgan fingerprint density at radius 1 is 1.00 bits per heavy atom. The van der Waals surface area contributed by atoms with Gasteiger partial charge in [-0.15, -0.1) is 0 Å². The zero-order valence-corrected chi connectivity index (χ0v) is 11.8. The molecule has 1 N–H and O–H groups in total. The van der Waals surface area contributed by atoms with Gasteiger partial charge < -0.3 is 10.2 Å². The van der Waals surface area contributed by atoms with Crippen LogP contribution in [0.5, 0.6) is 0 Å². The van der Waals surface area contributed by atoms with Crippen LogP contribution in [0.15, 0.2) is 42.5 Å². The van der Waals surface area contributed by atoms with Crippen molar-refractivity contribution in [2.24, 2.45) is 0 Å². The van der Waals surface area contributed by atoms with Crippen LogP contribution in [0.4, 0.5) is 20.2 Å². The highest BCUT2D eigenvalue weighted by Crippen LogP contribution is 2.24. The smallest absolute Gasteiger partial charge is 0.146 e. The minimum atomic E-state index is -0.455. The van der Waals surface area contributed by atoms with Gasteiger partial charge in [0.1, 0.15) is 11.6 Å². The molecule has 0 aliphatic heterocycles. The molecule has 0 bridgehead atoms. The normalized spacial score (nSPS) is 12.1. The fourth-order valence-corrected chi connectivity index (χ4v) is 1.99. The number of halogens is 2. The summed E-state index contributed by atoms with van der Waals surface area (Å²) in [4.78, 5) is 2.01. The maximum absolute atomic E-state index is 13.6. The molecule has 0 saturated heterocycles. The molecular formula is C16H18F2N2. The highest BCUT2D eigenvalue weighted by molar-refractivity contribution is 5.50. The zero-order chi connectivity index (χ0) is 14.7. The van der Waals surface area contributed by atoms with E-state index in [0.29, 0.717) is 0 Å². The Hall–Kier alpha value is -2.10. The van der Waals surface area contributed by atoms with Gasteiger partial charge in [0.05, 0.1) is 5.69 Å². The van der Waals surface area contributed by atoms with Crippen LogP contribution in [-0.4, -0.2) is 14.1 Å². The first-order valence-electron chi connectivity index (χ1n) is 6.46. The Labute approximate surface area is 118 Å². The molecule has 0 aliphatic rings. The monoisotopic (exact) mass is 276 g/mol. The molecule has 0 spiro atoms. The second-order valence-corrected chi connectivity index (χ2v) is 4.98. The van der Waals surface area contributed by atoms with E-state index in [4.69, 9.17) is 0 Å². The van der Waals surface area contributed by atoms with Gasteiger partial charge in [0, 0.05) is 25.8 Å². The molecular weight excluding hydrogens is 258 g/mol. The minimum Gasteiger partial charge on any atom is -0.378 e. The maximum atomic E-state index is 13.6. The quantitative estimate of drug-likeness (QED) is 0.900. The van der Waals surface area contributed by atoms with Gasteiger partial charge in [-0.2, -0.15) is 0 Å². The van der Waals surface area contributed by atoms with Crippen molar-refractivity contribution < 1.29 is 8.78 Å². The average molecular weight is 276 g/mol. The van der Waals surface area contributed by atoms with Gasteiger partial charge in [0.2, 0.25) is 0 Å². The lowest BCUT2D eigenvalue weighted by Gasteiger charge is -2.18. The van der Waals surface area contributed by atoms with Crippen molar-refractivity contribution in [2.45, 2.75) is 13.0 Å². The zero-order valence-electron chi connectivity index (χ0n) is 11.8. The van der Waals surface area contributed by atoms with Gasteiger partial charge in [0.25, 0.3) is 0 Å². The van der Waals surface area contributed by atoms with E-state index in [1.54, 1.807) is 0 Å². The van der Waals surface area contributed by atoms with Gasteiger partial charge >= 0.3 is 0 Å². The summed E-state index contributed by atoms with van der Waals surface area (Å²) >= 11 is 0. The highest BCUT2D eigenvalue weighted by atomic mass is 19.1. The van der Waals surface area contributed by atoms with Crippen molar-refractivity contribution >= 4 is 11.4 Å². The van der Waals surface area contributed by atoms with Crippen LogP contribution in [0.2, 0.25) is 0 Å². The summed E-state index contributed by atoms with van der Waals surface area (Å²) < 4.78 is 26.7. The minimum absolute atomic E-state index is 0.109. The standard InChI is InChI=1S/C16H18F2N2/c1-11(12-4-7-14(8-5-12)20(2)3)19-16-10-13(17)6-9-15(16)18/h4-11,19H,1-3H3. The van der Waals surface area contributed by atoms with Crippen LogP contribution in [-0.2, 0) is 0 Å². The molecule has 20 heavy (non-hydrogen) atoms. The summed E-state index contributed by atoms with van der Waals surface area (Å²) in [5.74, 6) is -0.910. The topological polar surface area (TPSA) is 15.3 Å². The molecule has 0 heterocycles. The number of benzene rings is 2. The Balaban J connectivity index is 2.15. The Bertz CT molecular complexity index is 580. The van der Waals surface area contributed by atoms with Gasteiger partial charge in [-0.25, -0.2) is 8.78 Å². The Morgan fingerprint density at radius 2 is 1.65 bits per heavy atom. The van der Waals surface area contributed by atoms with Crippen LogP contribution in [0.25, 0.3) is 0 Å². The first-order valence-corrected chi connectivity index (χ1v) is 6.46. The second kappa shape index (κ2) is 5.90. The van der Waals surface area contributed by atoms with E-state index < -0.39 is 11.6 Å². The van der Waals surface area contributed by atoms with Gasteiger partial charge in [-0.1, -0.05) is 12.1 Å². The number of nitrogens with zero attached hydrogens (tertiary/aromatic N) is 1. The molecule has 1 atom stereocenters. The third kappa shape index (κ3) is 3.26. The largest absolute Gasteiger partial charge is 0.378 e. The number of anilines is 2. The van der Waals surface area contributed by atoms with Crippen LogP contribution in [0.1, 0.15) is 18.5 Å². The predicted molar refractivity (Wildman–Crippen MR) is 79.2 cm³/mol. The van der Waals surface area contributed by atoms with Crippen molar-refractivity contribution in [1.29, 1.82) is 0 Å². The van der Waals surface area contributed by atoms with Crippen LogP contribution >= 0.6 is 0 Å². The van der Waals surface area contributed by atoms with E-state index in [0.717, 1.165) is 23.4 Å². The maximum Gasteiger partial charge on any atom is 0.146 e. The molecule has 2 rings (SSSR count). The molecule has 0 amide bonds. The lowest BCUT2D eigenvalue weighted by atomic mass is 10.1. The second-order valence-electron chi connectivity index (χ2n) is 4.98. The SMILES string of the molecule is CC(Nc1cc(F)ccc1F)c1ccc(N(C)C)cc1. The third-order valence-corrected chi connectivity index (χ3v) is 3.21. The van der Waals surface area contributed by atoms with Crippen molar-refractivity contribution in [1.82, 2.24) is 0 Å². The Kier molecular flexibility index (Phi) is 4.23. The first kappa shape index (κ1) is 14.3. The fraction of sp³-hybridized carbons (Fsp3) is 0.250. The number of rotatable bonds is 4. The number of nitrogens with one attached hydrogen (secondary N) is 1. The molecule has 0 fully saturated rings. The summed E-state index contributed by atoms with van der Waals surface area (Å²) in [6, 6.07) is 11.2. The summed E-state index contributed by atoms with van der Waals surface area (Å²) in [6.45, 7) is 1.91. The first-order chi connectivity index (χ1) is 9.47. The molecule has 2 nitrogen and oxygen atoms in total. The third-order valence-electron chi connectivity index (χ3n) is 3.21. The van der Waals surface area contributed by atoms with Crippen molar-refractivity contribution in [3.8, 4) is 0 Å². The molecule has 0 aliphatic carbocycles. The van der Waals surface area contributed by atoms with Gasteiger partial charge in [-0.05, 0) is 42.8 Å². The number of hydrogen-bond acceptors (Lipinski definition) is 2. The molecule has 4 heteroatoms. The van der Waals surface area contributed by atoms with Crippen LogP contribution in [0, 0.1) is 11.6 Å². The predicted octanol–water partition coefficient (Wildman–Crippen LogP) is 4.20. The Morgan fingerprint density at radius 3 is 2.25 bits per heavy atom. The fourth-order valence-electron chi connectivity index (χ4n) is 1.99. The van der Waals surface area contributed by atoms with E-state index in [-0.39, 0.29) is 11.7 Å². The molecule has 106 valence electrons. The van der Waals surface area contributed by atoms with Crippen LogP contribution < -0.4 is 10.2 Å². The molecule has 2 aromatic carbocycles.